The maximum atomic E-state index is 2.52. The summed E-state index contributed by atoms with van der Waals surface area (Å²) in [6, 6.07) is 27.6. The minimum Gasteiger partial charge on any atom is -0.0766 e. The van der Waals surface area contributed by atoms with E-state index < -0.39 is 7.53 Å². The molecule has 0 bridgehead atoms. The molecule has 0 aliphatic carbocycles. The Morgan fingerprint density at radius 3 is 1.58 bits per heavy atom. The van der Waals surface area contributed by atoms with Crippen molar-refractivity contribution >= 4 is 18.0 Å². The van der Waals surface area contributed by atoms with E-state index in [1.807, 2.05) is 0 Å². The van der Waals surface area contributed by atoms with Gasteiger partial charge in [-0.15, -0.1) is 0 Å². The number of rotatable bonds is 2. The third-order valence-corrected chi connectivity index (χ3v) is 9.28. The van der Waals surface area contributed by atoms with Crippen LogP contribution in [0.1, 0.15) is 79.0 Å². The first-order valence-corrected chi connectivity index (χ1v) is 13.5. The molecule has 4 aromatic rings. The molecule has 0 nitrogen and oxygen atoms in total. The average molecular weight is 455 g/mol. The van der Waals surface area contributed by atoms with E-state index in [-0.39, 0.29) is 16.2 Å². The first-order valence-electron chi connectivity index (χ1n) is 12.1. The molecule has 1 atom stereocenters. The van der Waals surface area contributed by atoms with E-state index in [1.54, 1.807) is 5.30 Å². The molecule has 4 rings (SSSR count). The summed E-state index contributed by atoms with van der Waals surface area (Å²) >= 11 is 0. The molecule has 33 heavy (non-hydrogen) atoms. The highest BCUT2D eigenvalue weighted by molar-refractivity contribution is 7.65. The summed E-state index contributed by atoms with van der Waals surface area (Å²) in [6.07, 6.45) is 0. The summed E-state index contributed by atoms with van der Waals surface area (Å²) in [5.74, 6) is 0. The van der Waals surface area contributed by atoms with Crippen LogP contribution in [0.5, 0.6) is 0 Å². The molecule has 3 aromatic carbocycles. The molecule has 0 saturated carbocycles. The molecule has 0 aliphatic rings. The topological polar surface area (TPSA) is 0 Å². The predicted octanol–water partition coefficient (Wildman–Crippen LogP) is 10.4. The van der Waals surface area contributed by atoms with Gasteiger partial charge >= 0.3 is 0 Å². The third-order valence-electron chi connectivity index (χ3n) is 6.60. The number of benzene rings is 3. The Hall–Kier alpha value is -2.30. The lowest BCUT2D eigenvalue weighted by Crippen LogP contribution is -2.22. The van der Waals surface area contributed by atoms with Crippen molar-refractivity contribution in [3.63, 3.8) is 0 Å². The van der Waals surface area contributed by atoms with Gasteiger partial charge in [0.25, 0.3) is 0 Å². The van der Waals surface area contributed by atoms with Gasteiger partial charge in [0.05, 0.1) is 0 Å². The third kappa shape index (κ3) is 4.56. The molecular weight excluding hydrogens is 415 g/mol. The average Bonchev–Trinajstić information content (AvgIpc) is 3.11. The van der Waals surface area contributed by atoms with E-state index in [9.17, 15) is 0 Å². The van der Waals surface area contributed by atoms with Crippen LogP contribution in [-0.2, 0) is 16.2 Å². The van der Waals surface area contributed by atoms with Gasteiger partial charge in [-0.3, -0.25) is 0 Å². The fourth-order valence-corrected chi connectivity index (χ4v) is 8.00. The van der Waals surface area contributed by atoms with E-state index in [4.69, 9.17) is 0 Å². The fraction of sp³-hybridized carbons (Fsp3) is 0.375. The molecule has 0 amide bonds. The zero-order chi connectivity index (χ0) is 24.2. The highest BCUT2D eigenvalue weighted by atomic mass is 31.1. The summed E-state index contributed by atoms with van der Waals surface area (Å²) in [5.41, 5.74) is 6.01. The van der Waals surface area contributed by atoms with Crippen molar-refractivity contribution in [1.29, 1.82) is 0 Å². The second kappa shape index (κ2) is 8.18. The van der Waals surface area contributed by atoms with Crippen LogP contribution in [0.25, 0.3) is 26.7 Å². The minimum atomic E-state index is -0.653. The molecule has 0 aliphatic heterocycles. The van der Waals surface area contributed by atoms with Gasteiger partial charge < -0.3 is 0 Å². The molecule has 1 heteroatoms. The van der Waals surface area contributed by atoms with Crippen molar-refractivity contribution < 1.29 is 0 Å². The number of hydrogen-bond acceptors (Lipinski definition) is 0. The van der Waals surface area contributed by atoms with E-state index in [0.717, 1.165) is 0 Å². The van der Waals surface area contributed by atoms with Gasteiger partial charge in [-0.05, 0) is 50.0 Å². The van der Waals surface area contributed by atoms with Gasteiger partial charge in [-0.2, -0.15) is 0 Å². The van der Waals surface area contributed by atoms with Gasteiger partial charge in [-0.25, -0.2) is 0 Å². The van der Waals surface area contributed by atoms with Crippen molar-refractivity contribution in [3.8, 4) is 16.2 Å². The number of hydrogen-bond donors (Lipinski definition) is 0. The molecule has 1 heterocycles. The first kappa shape index (κ1) is 23.8. The van der Waals surface area contributed by atoms with Crippen LogP contribution in [0.2, 0.25) is 0 Å². The Morgan fingerprint density at radius 2 is 1.06 bits per heavy atom. The molecule has 0 saturated heterocycles. The molecule has 1 unspecified atom stereocenters. The van der Waals surface area contributed by atoms with Gasteiger partial charge in [0.15, 0.2) is 0 Å². The van der Waals surface area contributed by atoms with Crippen LogP contribution in [0, 0.1) is 0 Å². The summed E-state index contributed by atoms with van der Waals surface area (Å²) in [6.45, 7) is 21.3. The van der Waals surface area contributed by atoms with Crippen molar-refractivity contribution in [2.45, 2.75) is 78.6 Å². The van der Waals surface area contributed by atoms with E-state index >= 15 is 0 Å². The second-order valence-electron chi connectivity index (χ2n) is 12.5. The Labute approximate surface area is 202 Å². The van der Waals surface area contributed by atoms with Gasteiger partial charge in [0, 0.05) is 15.7 Å². The summed E-state index contributed by atoms with van der Waals surface area (Å²) < 4.78 is 0. The molecule has 0 fully saturated rings. The van der Waals surface area contributed by atoms with Crippen molar-refractivity contribution in [2.24, 2.45) is 0 Å². The van der Waals surface area contributed by atoms with Crippen LogP contribution >= 0.6 is 7.53 Å². The molecule has 172 valence electrons. The highest BCUT2D eigenvalue weighted by Crippen LogP contribution is 2.61. The largest absolute Gasteiger partial charge is 0.0766 e. The predicted molar refractivity (Wildman–Crippen MR) is 150 cm³/mol. The van der Waals surface area contributed by atoms with Crippen molar-refractivity contribution in [3.05, 3.63) is 89.5 Å². The van der Waals surface area contributed by atoms with Gasteiger partial charge in [0.1, 0.15) is 0 Å². The molecule has 0 radical (unpaired) electrons. The van der Waals surface area contributed by atoms with Gasteiger partial charge in [-0.1, -0.05) is 137 Å². The van der Waals surface area contributed by atoms with Crippen LogP contribution in [0.4, 0.5) is 0 Å². The zero-order valence-corrected chi connectivity index (χ0v) is 22.8. The molecule has 1 aromatic heterocycles. The van der Waals surface area contributed by atoms with Crippen LogP contribution in [0.15, 0.2) is 72.8 Å². The van der Waals surface area contributed by atoms with E-state index in [2.05, 4.69) is 135 Å². The van der Waals surface area contributed by atoms with Crippen LogP contribution < -0.4 is 0 Å². The normalized spacial score (nSPS) is 13.5. The van der Waals surface area contributed by atoms with E-state index in [1.165, 1.54) is 38.1 Å². The second-order valence-corrected chi connectivity index (χ2v) is 14.5. The standard InChI is InChI=1S/C32H39P/c1-30(2,3)24-20-25(31(4,5)6)29(26(21-24)32(7,8)9)33-27-18-14-13-17-23(27)19-28(33)22-15-11-10-12-16-22/h10-21H,1-9H3. The maximum Gasteiger partial charge on any atom is 0.00684 e. The van der Waals surface area contributed by atoms with Crippen molar-refractivity contribution in [1.82, 2.24) is 0 Å². The molecule has 0 spiro atoms. The quantitative estimate of drug-likeness (QED) is 0.282. The SMILES string of the molecule is CC(C)(C)c1cc(C(C)(C)C)c(-p2c(-c3ccccc3)cc3ccccc32)c(C(C)(C)C)c1. The molecular formula is C32H39P. The van der Waals surface area contributed by atoms with Crippen LogP contribution in [0.3, 0.4) is 0 Å². The Kier molecular flexibility index (Phi) is 5.91. The molecule has 0 N–H and O–H groups in total. The lowest BCUT2D eigenvalue weighted by Gasteiger charge is -2.34. The van der Waals surface area contributed by atoms with Crippen LogP contribution in [-0.4, -0.2) is 0 Å². The maximum absolute atomic E-state index is 2.52. The zero-order valence-electron chi connectivity index (χ0n) is 21.9. The summed E-state index contributed by atoms with van der Waals surface area (Å²) in [4.78, 5) is 0. The van der Waals surface area contributed by atoms with Crippen molar-refractivity contribution in [2.75, 3.05) is 0 Å². The Morgan fingerprint density at radius 1 is 0.545 bits per heavy atom. The van der Waals surface area contributed by atoms with Gasteiger partial charge in [0.2, 0.25) is 0 Å². The minimum absolute atomic E-state index is 0.0538. The fourth-order valence-electron chi connectivity index (χ4n) is 4.67. The Balaban J connectivity index is 2.23. The Bertz CT molecular complexity index is 1250. The number of fused-ring (bicyclic) bond motifs is 1. The summed E-state index contributed by atoms with van der Waals surface area (Å²) in [5, 5.41) is 5.91. The monoisotopic (exact) mass is 454 g/mol. The smallest absolute Gasteiger partial charge is 0.00684 e. The lowest BCUT2D eigenvalue weighted by atomic mass is 9.75. The summed E-state index contributed by atoms with van der Waals surface area (Å²) in [7, 11) is -0.653. The highest BCUT2D eigenvalue weighted by Gasteiger charge is 2.31. The lowest BCUT2D eigenvalue weighted by molar-refractivity contribution is 0.552. The first-order chi connectivity index (χ1) is 15.3. The van der Waals surface area contributed by atoms with E-state index in [0.29, 0.717) is 0 Å².